The molecular formula is C16H19N3O2. The van der Waals surface area contributed by atoms with Gasteiger partial charge in [-0.15, -0.1) is 0 Å². The van der Waals surface area contributed by atoms with E-state index in [0.29, 0.717) is 5.65 Å². The number of nitrogens with zero attached hydrogens (tertiary/aromatic N) is 3. The lowest BCUT2D eigenvalue weighted by Gasteiger charge is -2.31. The molecule has 0 radical (unpaired) electrons. The van der Waals surface area contributed by atoms with E-state index in [0.717, 1.165) is 25.7 Å². The summed E-state index contributed by atoms with van der Waals surface area (Å²) in [5.41, 5.74) is 0.402. The van der Waals surface area contributed by atoms with Gasteiger partial charge in [-0.3, -0.25) is 14.0 Å². The second kappa shape index (κ2) is 5.68. The molecule has 110 valence electrons. The number of amides is 1. The van der Waals surface area contributed by atoms with Crippen LogP contribution in [0.3, 0.4) is 0 Å². The summed E-state index contributed by atoms with van der Waals surface area (Å²) in [5, 5.41) is 0. The third-order valence-electron chi connectivity index (χ3n) is 4.29. The molecular weight excluding hydrogens is 266 g/mol. The maximum atomic E-state index is 12.6. The van der Waals surface area contributed by atoms with Gasteiger partial charge in [0.2, 0.25) is 0 Å². The average molecular weight is 285 g/mol. The molecule has 2 aromatic heterocycles. The number of hydrogen-bond acceptors (Lipinski definition) is 3. The second-order valence-electron chi connectivity index (χ2n) is 5.61. The molecule has 2 aromatic rings. The van der Waals surface area contributed by atoms with E-state index in [1.165, 1.54) is 17.0 Å². The van der Waals surface area contributed by atoms with Crippen LogP contribution in [-0.2, 0) is 0 Å². The van der Waals surface area contributed by atoms with Gasteiger partial charge in [0.1, 0.15) is 11.2 Å². The Balaban J connectivity index is 1.94. The van der Waals surface area contributed by atoms with E-state index in [-0.39, 0.29) is 23.1 Å². The van der Waals surface area contributed by atoms with E-state index in [1.807, 2.05) is 6.07 Å². The summed E-state index contributed by atoms with van der Waals surface area (Å²) in [6.45, 7) is 0. The van der Waals surface area contributed by atoms with Crippen molar-refractivity contribution in [2.75, 3.05) is 7.05 Å². The summed E-state index contributed by atoms with van der Waals surface area (Å²) in [5.74, 6) is -0.224. The molecule has 1 aliphatic rings. The largest absolute Gasteiger partial charge is 0.339 e. The van der Waals surface area contributed by atoms with Gasteiger partial charge >= 0.3 is 0 Å². The van der Waals surface area contributed by atoms with Gasteiger partial charge in [0.25, 0.3) is 11.5 Å². The van der Waals surface area contributed by atoms with Crippen LogP contribution in [0.2, 0.25) is 0 Å². The highest BCUT2D eigenvalue weighted by molar-refractivity contribution is 5.93. The fraction of sp³-hybridized carbons (Fsp3) is 0.438. The van der Waals surface area contributed by atoms with E-state index in [2.05, 4.69) is 4.98 Å². The van der Waals surface area contributed by atoms with Crippen LogP contribution in [-0.4, -0.2) is 33.3 Å². The fourth-order valence-electron chi connectivity index (χ4n) is 3.00. The molecule has 5 nitrogen and oxygen atoms in total. The lowest BCUT2D eigenvalue weighted by molar-refractivity contribution is 0.0694. The third kappa shape index (κ3) is 2.55. The first-order valence-corrected chi connectivity index (χ1v) is 7.42. The van der Waals surface area contributed by atoms with Crippen molar-refractivity contribution in [3.05, 3.63) is 46.5 Å². The van der Waals surface area contributed by atoms with Crippen molar-refractivity contribution < 1.29 is 4.79 Å². The maximum absolute atomic E-state index is 12.6. The highest BCUT2D eigenvalue weighted by Crippen LogP contribution is 2.22. The predicted octanol–water partition coefficient (Wildman–Crippen LogP) is 2.10. The number of carbonyl (C=O) groups excluding carboxylic acids is 1. The van der Waals surface area contributed by atoms with Crippen molar-refractivity contribution in [3.8, 4) is 0 Å². The molecule has 1 fully saturated rings. The fourth-order valence-corrected chi connectivity index (χ4v) is 3.00. The molecule has 0 N–H and O–H groups in total. The van der Waals surface area contributed by atoms with Gasteiger partial charge in [-0.2, -0.15) is 0 Å². The Morgan fingerprint density at radius 2 is 2.05 bits per heavy atom. The molecule has 0 saturated heterocycles. The van der Waals surface area contributed by atoms with Gasteiger partial charge < -0.3 is 4.90 Å². The minimum atomic E-state index is -0.298. The van der Waals surface area contributed by atoms with Gasteiger partial charge in [0.15, 0.2) is 0 Å². The zero-order valence-electron chi connectivity index (χ0n) is 12.2. The van der Waals surface area contributed by atoms with Crippen molar-refractivity contribution in [3.63, 3.8) is 0 Å². The Bertz CT molecular complexity index is 717. The van der Waals surface area contributed by atoms with E-state index in [9.17, 15) is 9.59 Å². The SMILES string of the molecule is CN(C(=O)c1cnc2ccccn2c1=O)C1CCCCC1. The minimum absolute atomic E-state index is 0.145. The number of fused-ring (bicyclic) bond motifs is 1. The van der Waals surface area contributed by atoms with E-state index >= 15 is 0 Å². The Kier molecular flexibility index (Phi) is 3.73. The van der Waals surface area contributed by atoms with Crippen LogP contribution >= 0.6 is 0 Å². The van der Waals surface area contributed by atoms with E-state index in [4.69, 9.17) is 0 Å². The summed E-state index contributed by atoms with van der Waals surface area (Å²) in [4.78, 5) is 30.9. The molecule has 1 aliphatic carbocycles. The molecule has 0 atom stereocenters. The predicted molar refractivity (Wildman–Crippen MR) is 80.4 cm³/mol. The van der Waals surface area contributed by atoms with Crippen molar-refractivity contribution in [2.24, 2.45) is 0 Å². The zero-order chi connectivity index (χ0) is 14.8. The average Bonchev–Trinajstić information content (AvgIpc) is 2.55. The van der Waals surface area contributed by atoms with Gasteiger partial charge in [-0.1, -0.05) is 25.3 Å². The molecule has 3 rings (SSSR count). The molecule has 0 aliphatic heterocycles. The topological polar surface area (TPSA) is 54.7 Å². The van der Waals surface area contributed by atoms with Crippen molar-refractivity contribution in [1.29, 1.82) is 0 Å². The lowest BCUT2D eigenvalue weighted by Crippen LogP contribution is -2.41. The summed E-state index contributed by atoms with van der Waals surface area (Å²) < 4.78 is 1.42. The highest BCUT2D eigenvalue weighted by Gasteiger charge is 2.25. The molecule has 2 heterocycles. The van der Waals surface area contributed by atoms with Crippen LogP contribution in [0, 0.1) is 0 Å². The van der Waals surface area contributed by atoms with E-state index < -0.39 is 0 Å². The monoisotopic (exact) mass is 285 g/mol. The number of hydrogen-bond donors (Lipinski definition) is 0. The highest BCUT2D eigenvalue weighted by atomic mass is 16.2. The van der Waals surface area contributed by atoms with Crippen LogP contribution in [0.15, 0.2) is 35.4 Å². The van der Waals surface area contributed by atoms with Crippen molar-refractivity contribution >= 4 is 11.6 Å². The normalized spacial score (nSPS) is 16.0. The Morgan fingerprint density at radius 3 is 2.81 bits per heavy atom. The molecule has 1 saturated carbocycles. The number of pyridine rings is 1. The molecule has 21 heavy (non-hydrogen) atoms. The molecule has 1 amide bonds. The number of carbonyl (C=O) groups is 1. The van der Waals surface area contributed by atoms with Crippen molar-refractivity contribution in [1.82, 2.24) is 14.3 Å². The summed E-state index contributed by atoms with van der Waals surface area (Å²) in [6, 6.07) is 5.56. The minimum Gasteiger partial charge on any atom is -0.339 e. The van der Waals surface area contributed by atoms with Crippen LogP contribution in [0.4, 0.5) is 0 Å². The van der Waals surface area contributed by atoms with Crippen LogP contribution in [0.1, 0.15) is 42.5 Å². The third-order valence-corrected chi connectivity index (χ3v) is 4.29. The maximum Gasteiger partial charge on any atom is 0.270 e. The quantitative estimate of drug-likeness (QED) is 0.849. The van der Waals surface area contributed by atoms with Crippen LogP contribution in [0.25, 0.3) is 5.65 Å². The van der Waals surface area contributed by atoms with Gasteiger partial charge in [-0.05, 0) is 25.0 Å². The van der Waals surface area contributed by atoms with Crippen LogP contribution in [0.5, 0.6) is 0 Å². The lowest BCUT2D eigenvalue weighted by atomic mass is 9.94. The summed E-state index contributed by atoms with van der Waals surface area (Å²) in [7, 11) is 1.79. The molecule has 0 bridgehead atoms. The Hall–Kier alpha value is -2.17. The molecule has 0 spiro atoms. The van der Waals surface area contributed by atoms with E-state index in [1.54, 1.807) is 30.3 Å². The Morgan fingerprint density at radius 1 is 1.29 bits per heavy atom. The first-order chi connectivity index (χ1) is 10.2. The summed E-state index contributed by atoms with van der Waals surface area (Å²) in [6.07, 6.45) is 8.61. The number of rotatable bonds is 2. The molecule has 0 unspecified atom stereocenters. The second-order valence-corrected chi connectivity index (χ2v) is 5.61. The number of aromatic nitrogens is 2. The van der Waals surface area contributed by atoms with Gasteiger partial charge in [-0.25, -0.2) is 4.98 Å². The molecule has 0 aromatic carbocycles. The summed E-state index contributed by atoms with van der Waals surface area (Å²) >= 11 is 0. The van der Waals surface area contributed by atoms with Crippen molar-refractivity contribution in [2.45, 2.75) is 38.1 Å². The van der Waals surface area contributed by atoms with Gasteiger partial charge in [0.05, 0.1) is 0 Å². The smallest absolute Gasteiger partial charge is 0.270 e. The molecule has 5 heteroatoms. The van der Waals surface area contributed by atoms with Gasteiger partial charge in [0, 0.05) is 25.5 Å². The first kappa shape index (κ1) is 13.8. The standard InChI is InChI=1S/C16H19N3O2/c1-18(12-7-3-2-4-8-12)15(20)13-11-17-14-9-5-6-10-19(14)16(13)21/h5-6,9-12H,2-4,7-8H2,1H3. The Labute approximate surface area is 123 Å². The zero-order valence-corrected chi connectivity index (χ0v) is 12.2. The first-order valence-electron chi connectivity index (χ1n) is 7.42. The van der Waals surface area contributed by atoms with Crippen LogP contribution < -0.4 is 5.56 Å².